The van der Waals surface area contributed by atoms with Gasteiger partial charge >= 0.3 is 0 Å². The Kier molecular flexibility index (Phi) is 2.77. The third-order valence-electron chi connectivity index (χ3n) is 3.50. The predicted molar refractivity (Wildman–Crippen MR) is 68.6 cm³/mol. The van der Waals surface area contributed by atoms with E-state index in [1.165, 1.54) is 19.3 Å². The first-order valence-electron chi connectivity index (χ1n) is 6.43. The molecule has 1 saturated carbocycles. The number of nitrogen functional groups attached to an aromatic ring is 1. The second kappa shape index (κ2) is 4.44. The molecule has 0 aliphatic heterocycles. The highest BCUT2D eigenvalue weighted by atomic mass is 15.5. The van der Waals surface area contributed by atoms with Crippen molar-refractivity contribution in [2.24, 2.45) is 13.0 Å². The molecular formula is C12H18N6. The molecule has 0 atom stereocenters. The van der Waals surface area contributed by atoms with Crippen LogP contribution in [0, 0.1) is 5.92 Å². The summed E-state index contributed by atoms with van der Waals surface area (Å²) < 4.78 is 3.70. The van der Waals surface area contributed by atoms with Gasteiger partial charge < -0.3 is 5.73 Å². The first kappa shape index (κ1) is 11.3. The van der Waals surface area contributed by atoms with Gasteiger partial charge in [-0.2, -0.15) is 5.10 Å². The highest BCUT2D eigenvalue weighted by Crippen LogP contribution is 2.33. The number of anilines is 1. The zero-order chi connectivity index (χ0) is 12.5. The topological polar surface area (TPSA) is 74.6 Å². The van der Waals surface area contributed by atoms with Gasteiger partial charge in [-0.3, -0.25) is 4.68 Å². The van der Waals surface area contributed by atoms with Crippen LogP contribution in [0.1, 0.15) is 25.7 Å². The van der Waals surface area contributed by atoms with Gasteiger partial charge in [-0.25, -0.2) is 4.68 Å². The van der Waals surface area contributed by atoms with Crippen LogP contribution in [0.4, 0.5) is 5.82 Å². The zero-order valence-corrected chi connectivity index (χ0v) is 10.6. The van der Waals surface area contributed by atoms with Gasteiger partial charge in [0.15, 0.2) is 5.82 Å². The Morgan fingerprint density at radius 2 is 2.28 bits per heavy atom. The molecule has 2 aromatic heterocycles. The lowest BCUT2D eigenvalue weighted by atomic mass is 10.2. The van der Waals surface area contributed by atoms with E-state index >= 15 is 0 Å². The van der Waals surface area contributed by atoms with Crippen molar-refractivity contribution in [2.45, 2.75) is 32.2 Å². The van der Waals surface area contributed by atoms with Gasteiger partial charge in [-0.05, 0) is 24.8 Å². The Labute approximate surface area is 106 Å². The van der Waals surface area contributed by atoms with Gasteiger partial charge in [-0.15, -0.1) is 5.10 Å². The molecule has 0 amide bonds. The Hall–Kier alpha value is -1.85. The van der Waals surface area contributed by atoms with E-state index in [0.29, 0.717) is 5.82 Å². The van der Waals surface area contributed by atoms with Gasteiger partial charge in [0.2, 0.25) is 0 Å². The van der Waals surface area contributed by atoms with Crippen LogP contribution in [0.5, 0.6) is 0 Å². The van der Waals surface area contributed by atoms with Crippen LogP contribution in [-0.2, 0) is 13.6 Å². The van der Waals surface area contributed by atoms with Crippen LogP contribution in [0.25, 0.3) is 11.4 Å². The molecule has 96 valence electrons. The molecule has 1 aliphatic rings. The van der Waals surface area contributed by atoms with Crippen molar-refractivity contribution in [1.82, 2.24) is 24.8 Å². The van der Waals surface area contributed by atoms with Crippen molar-refractivity contribution in [1.29, 1.82) is 0 Å². The summed E-state index contributed by atoms with van der Waals surface area (Å²) in [5.41, 5.74) is 7.75. The third kappa shape index (κ3) is 2.10. The average Bonchev–Trinajstić information content (AvgIpc) is 2.98. The Morgan fingerprint density at radius 3 is 2.94 bits per heavy atom. The van der Waals surface area contributed by atoms with Gasteiger partial charge in [-0.1, -0.05) is 18.1 Å². The van der Waals surface area contributed by atoms with Crippen LogP contribution in [0.3, 0.4) is 0 Å². The predicted octanol–water partition coefficient (Wildman–Crippen LogP) is 1.45. The SMILES string of the molecule is Cn1nccc1-c1c(N)nnn1CCCC1CC1. The fourth-order valence-corrected chi connectivity index (χ4v) is 2.29. The molecular weight excluding hydrogens is 228 g/mol. The quantitative estimate of drug-likeness (QED) is 0.866. The summed E-state index contributed by atoms with van der Waals surface area (Å²) in [6.45, 7) is 0.876. The largest absolute Gasteiger partial charge is 0.380 e. The molecule has 0 bridgehead atoms. The number of nitrogens with zero attached hydrogens (tertiary/aromatic N) is 5. The van der Waals surface area contributed by atoms with Crippen LogP contribution < -0.4 is 5.73 Å². The van der Waals surface area contributed by atoms with Crippen LogP contribution >= 0.6 is 0 Å². The lowest BCUT2D eigenvalue weighted by molar-refractivity contribution is 0.525. The summed E-state index contributed by atoms with van der Waals surface area (Å²) in [6.07, 6.45) is 6.97. The van der Waals surface area contributed by atoms with E-state index in [-0.39, 0.29) is 0 Å². The van der Waals surface area contributed by atoms with Crippen LogP contribution in [0.2, 0.25) is 0 Å². The van der Waals surface area contributed by atoms with E-state index < -0.39 is 0 Å². The van der Waals surface area contributed by atoms with Gasteiger partial charge in [0.05, 0.1) is 5.69 Å². The van der Waals surface area contributed by atoms with Crippen molar-refractivity contribution in [3.05, 3.63) is 12.3 Å². The Bertz CT molecular complexity index is 537. The van der Waals surface area contributed by atoms with Crippen LogP contribution in [0.15, 0.2) is 12.3 Å². The summed E-state index contributed by atoms with van der Waals surface area (Å²) in [5.74, 6) is 1.43. The number of hydrogen-bond acceptors (Lipinski definition) is 4. The van der Waals surface area contributed by atoms with E-state index in [4.69, 9.17) is 5.73 Å². The van der Waals surface area contributed by atoms with Crippen molar-refractivity contribution in [2.75, 3.05) is 5.73 Å². The summed E-state index contributed by atoms with van der Waals surface area (Å²) in [6, 6.07) is 1.94. The second-order valence-corrected chi connectivity index (χ2v) is 4.97. The monoisotopic (exact) mass is 246 g/mol. The van der Waals surface area contributed by atoms with Gasteiger partial charge in [0.1, 0.15) is 5.69 Å². The second-order valence-electron chi connectivity index (χ2n) is 4.97. The van der Waals surface area contributed by atoms with Crippen molar-refractivity contribution in [3.63, 3.8) is 0 Å². The van der Waals surface area contributed by atoms with Crippen molar-refractivity contribution in [3.8, 4) is 11.4 Å². The fourth-order valence-electron chi connectivity index (χ4n) is 2.29. The molecule has 0 spiro atoms. The van der Waals surface area contributed by atoms with Crippen molar-refractivity contribution >= 4 is 5.82 Å². The molecule has 0 unspecified atom stereocenters. The summed E-state index contributed by atoms with van der Waals surface area (Å²) >= 11 is 0. The molecule has 18 heavy (non-hydrogen) atoms. The van der Waals surface area contributed by atoms with E-state index in [2.05, 4.69) is 15.4 Å². The molecule has 0 saturated heterocycles. The van der Waals surface area contributed by atoms with Crippen molar-refractivity contribution < 1.29 is 0 Å². The smallest absolute Gasteiger partial charge is 0.175 e. The van der Waals surface area contributed by atoms with Gasteiger partial charge in [0.25, 0.3) is 0 Å². The number of rotatable bonds is 5. The number of aromatic nitrogens is 5. The maximum Gasteiger partial charge on any atom is 0.175 e. The summed E-state index contributed by atoms with van der Waals surface area (Å²) in [4.78, 5) is 0. The normalized spacial score (nSPS) is 15.2. The highest BCUT2D eigenvalue weighted by molar-refractivity contribution is 5.66. The first-order valence-corrected chi connectivity index (χ1v) is 6.43. The summed E-state index contributed by atoms with van der Waals surface area (Å²) in [7, 11) is 1.90. The summed E-state index contributed by atoms with van der Waals surface area (Å²) in [5, 5.41) is 12.3. The fraction of sp³-hybridized carbons (Fsp3) is 0.583. The zero-order valence-electron chi connectivity index (χ0n) is 10.6. The molecule has 0 aromatic carbocycles. The van der Waals surface area contributed by atoms with E-state index in [0.717, 1.165) is 30.3 Å². The van der Waals surface area contributed by atoms with Crippen LogP contribution in [-0.4, -0.2) is 24.8 Å². The molecule has 2 N–H and O–H groups in total. The standard InChI is InChI=1S/C12H18N6/c1-17-10(6-7-14-17)11-12(13)15-16-18(11)8-2-3-9-4-5-9/h6-7,9H,2-5,8,13H2,1H3. The molecule has 6 heteroatoms. The molecule has 0 radical (unpaired) electrons. The number of nitrogens with two attached hydrogens (primary N) is 1. The molecule has 2 heterocycles. The molecule has 3 rings (SSSR count). The van der Waals surface area contributed by atoms with Gasteiger partial charge in [0, 0.05) is 19.8 Å². The van der Waals surface area contributed by atoms with E-state index in [1.807, 2.05) is 17.8 Å². The highest BCUT2D eigenvalue weighted by Gasteiger charge is 2.21. The molecule has 2 aromatic rings. The lowest BCUT2D eigenvalue weighted by Gasteiger charge is -2.06. The minimum Gasteiger partial charge on any atom is -0.380 e. The maximum absolute atomic E-state index is 5.91. The third-order valence-corrected chi connectivity index (χ3v) is 3.50. The maximum atomic E-state index is 5.91. The number of aryl methyl sites for hydroxylation is 2. The number of hydrogen-bond donors (Lipinski definition) is 1. The minimum absolute atomic E-state index is 0.477. The van der Waals surface area contributed by atoms with E-state index in [9.17, 15) is 0 Å². The lowest BCUT2D eigenvalue weighted by Crippen LogP contribution is -2.06. The average molecular weight is 246 g/mol. The van der Waals surface area contributed by atoms with E-state index in [1.54, 1.807) is 10.9 Å². The molecule has 1 fully saturated rings. The Balaban J connectivity index is 1.79. The molecule has 6 nitrogen and oxygen atoms in total. The first-order chi connectivity index (χ1) is 8.75. The Morgan fingerprint density at radius 1 is 1.44 bits per heavy atom. The molecule has 1 aliphatic carbocycles. The minimum atomic E-state index is 0.477.